The van der Waals surface area contributed by atoms with Crippen molar-refractivity contribution < 1.29 is 14.3 Å². The highest BCUT2D eigenvalue weighted by molar-refractivity contribution is 6.30. The minimum atomic E-state index is -0.00726. The van der Waals surface area contributed by atoms with Crippen LogP contribution in [0.25, 0.3) is 0 Å². The Morgan fingerprint density at radius 1 is 1.15 bits per heavy atom. The number of nitrogens with zero attached hydrogens (tertiary/aromatic N) is 1. The molecule has 1 saturated heterocycles. The second kappa shape index (κ2) is 7.56. The molecule has 0 radical (unpaired) electrons. The summed E-state index contributed by atoms with van der Waals surface area (Å²) < 4.78 is 11.2. The summed E-state index contributed by atoms with van der Waals surface area (Å²) in [5, 5.41) is 4.06. The van der Waals surface area contributed by atoms with Crippen molar-refractivity contribution in [2.24, 2.45) is 0 Å². The molecule has 1 N–H and O–H groups in total. The smallest absolute Gasteiger partial charge is 0.227 e. The van der Waals surface area contributed by atoms with Crippen LogP contribution in [0.4, 0.5) is 0 Å². The minimum Gasteiger partial charge on any atom is -0.486 e. The number of benzene rings is 2. The lowest BCUT2D eigenvalue weighted by molar-refractivity contribution is -0.133. The van der Waals surface area contributed by atoms with Crippen molar-refractivity contribution >= 4 is 17.5 Å². The molecule has 136 valence electrons. The number of hydrogen-bond donors (Lipinski definition) is 1. The summed E-state index contributed by atoms with van der Waals surface area (Å²) in [4.78, 5) is 14.9. The van der Waals surface area contributed by atoms with E-state index < -0.39 is 0 Å². The van der Waals surface area contributed by atoms with E-state index in [1.54, 1.807) is 0 Å². The standard InChI is InChI=1S/C20H21ClN2O3/c21-16-3-1-2-15(12-16)17-13-22-6-7-23(17)20(24)11-14-4-5-18-19(10-14)26-9-8-25-18/h1-5,10,12,17,22H,6-9,11,13H2. The Morgan fingerprint density at radius 3 is 2.85 bits per heavy atom. The van der Waals surface area contributed by atoms with Crippen LogP contribution in [0.5, 0.6) is 11.5 Å². The quantitative estimate of drug-likeness (QED) is 0.900. The van der Waals surface area contributed by atoms with Crippen LogP contribution < -0.4 is 14.8 Å². The van der Waals surface area contributed by atoms with E-state index >= 15 is 0 Å². The van der Waals surface area contributed by atoms with E-state index in [0.29, 0.717) is 37.0 Å². The highest BCUT2D eigenvalue weighted by Gasteiger charge is 2.28. The van der Waals surface area contributed by atoms with Gasteiger partial charge in [-0.1, -0.05) is 29.8 Å². The third-order valence-electron chi connectivity index (χ3n) is 4.76. The fraction of sp³-hybridized carbons (Fsp3) is 0.350. The van der Waals surface area contributed by atoms with E-state index in [9.17, 15) is 4.79 Å². The van der Waals surface area contributed by atoms with Crippen LogP contribution in [-0.4, -0.2) is 43.7 Å². The lowest BCUT2D eigenvalue weighted by Gasteiger charge is -2.37. The molecule has 0 spiro atoms. The van der Waals surface area contributed by atoms with Gasteiger partial charge in [0.15, 0.2) is 11.5 Å². The molecule has 1 atom stereocenters. The van der Waals surface area contributed by atoms with Gasteiger partial charge in [0.1, 0.15) is 13.2 Å². The van der Waals surface area contributed by atoms with Crippen LogP contribution in [0.3, 0.4) is 0 Å². The van der Waals surface area contributed by atoms with Crippen LogP contribution in [0, 0.1) is 0 Å². The first-order valence-electron chi connectivity index (χ1n) is 8.85. The topological polar surface area (TPSA) is 50.8 Å². The van der Waals surface area contributed by atoms with Crippen LogP contribution >= 0.6 is 11.6 Å². The summed E-state index contributed by atoms with van der Waals surface area (Å²) in [5.41, 5.74) is 1.99. The van der Waals surface area contributed by atoms with Crippen molar-refractivity contribution in [3.8, 4) is 11.5 Å². The predicted octanol–water partition coefficient (Wildman–Crippen LogP) is 2.83. The first kappa shape index (κ1) is 17.2. The zero-order valence-corrected chi connectivity index (χ0v) is 15.2. The Bertz CT molecular complexity index is 811. The molecule has 2 aromatic rings. The largest absolute Gasteiger partial charge is 0.486 e. The maximum atomic E-state index is 13.0. The molecule has 6 heteroatoms. The second-order valence-electron chi connectivity index (χ2n) is 6.52. The predicted molar refractivity (Wildman–Crippen MR) is 99.9 cm³/mol. The van der Waals surface area contributed by atoms with Crippen molar-refractivity contribution in [1.29, 1.82) is 0 Å². The minimum absolute atomic E-state index is 0.00726. The molecule has 2 aliphatic rings. The molecule has 5 nitrogen and oxygen atoms in total. The highest BCUT2D eigenvalue weighted by atomic mass is 35.5. The Morgan fingerprint density at radius 2 is 2.00 bits per heavy atom. The third-order valence-corrected chi connectivity index (χ3v) is 4.99. The number of hydrogen-bond acceptors (Lipinski definition) is 4. The molecule has 2 aliphatic heterocycles. The first-order chi connectivity index (χ1) is 12.7. The number of ether oxygens (including phenoxy) is 2. The van der Waals surface area contributed by atoms with Crippen LogP contribution in [0.2, 0.25) is 5.02 Å². The van der Waals surface area contributed by atoms with Crippen LogP contribution in [-0.2, 0) is 11.2 Å². The highest BCUT2D eigenvalue weighted by Crippen LogP contribution is 2.31. The van der Waals surface area contributed by atoms with Crippen LogP contribution in [0.1, 0.15) is 17.2 Å². The van der Waals surface area contributed by atoms with Gasteiger partial charge in [0.25, 0.3) is 0 Å². The summed E-state index contributed by atoms with van der Waals surface area (Å²) in [7, 11) is 0. The van der Waals surface area contributed by atoms with Gasteiger partial charge in [-0.05, 0) is 35.4 Å². The fourth-order valence-electron chi connectivity index (χ4n) is 3.49. The van der Waals surface area contributed by atoms with Gasteiger partial charge in [-0.15, -0.1) is 0 Å². The van der Waals surface area contributed by atoms with E-state index in [2.05, 4.69) is 5.32 Å². The summed E-state index contributed by atoms with van der Waals surface area (Å²) in [6.45, 7) is 3.31. The molecule has 2 heterocycles. The average Bonchev–Trinajstić information content (AvgIpc) is 2.68. The number of piperazine rings is 1. The van der Waals surface area contributed by atoms with Crippen LogP contribution in [0.15, 0.2) is 42.5 Å². The maximum absolute atomic E-state index is 13.0. The van der Waals surface area contributed by atoms with Gasteiger partial charge in [-0.2, -0.15) is 0 Å². The zero-order chi connectivity index (χ0) is 17.9. The Hall–Kier alpha value is -2.24. The molecule has 0 aromatic heterocycles. The summed E-state index contributed by atoms with van der Waals surface area (Å²) in [5.74, 6) is 1.56. The maximum Gasteiger partial charge on any atom is 0.227 e. The molecule has 0 aliphatic carbocycles. The average molecular weight is 373 g/mol. The number of fused-ring (bicyclic) bond motifs is 1. The molecule has 1 unspecified atom stereocenters. The molecule has 1 amide bonds. The molecule has 0 saturated carbocycles. The van der Waals surface area contributed by atoms with Crippen molar-refractivity contribution in [1.82, 2.24) is 10.2 Å². The Balaban J connectivity index is 1.52. The number of carbonyl (C=O) groups excluding carboxylic acids is 1. The molecule has 26 heavy (non-hydrogen) atoms. The lowest BCUT2D eigenvalue weighted by Crippen LogP contribution is -2.49. The van der Waals surface area contributed by atoms with E-state index in [1.165, 1.54) is 0 Å². The molecule has 4 rings (SSSR count). The second-order valence-corrected chi connectivity index (χ2v) is 6.95. The molecule has 2 aromatic carbocycles. The summed E-state index contributed by atoms with van der Waals surface area (Å²) >= 11 is 6.14. The van der Waals surface area contributed by atoms with E-state index in [0.717, 1.165) is 30.0 Å². The summed E-state index contributed by atoms with van der Waals surface area (Å²) in [6, 6.07) is 13.4. The van der Waals surface area contributed by atoms with Gasteiger partial charge < -0.3 is 19.7 Å². The fourth-order valence-corrected chi connectivity index (χ4v) is 3.69. The van der Waals surface area contributed by atoms with Crippen molar-refractivity contribution in [2.75, 3.05) is 32.8 Å². The number of halogens is 1. The van der Waals surface area contributed by atoms with Gasteiger partial charge in [0.2, 0.25) is 5.91 Å². The zero-order valence-electron chi connectivity index (χ0n) is 14.4. The van der Waals surface area contributed by atoms with Gasteiger partial charge in [0, 0.05) is 24.7 Å². The van der Waals surface area contributed by atoms with Crippen molar-refractivity contribution in [3.63, 3.8) is 0 Å². The monoisotopic (exact) mass is 372 g/mol. The van der Waals surface area contributed by atoms with Gasteiger partial charge in [-0.25, -0.2) is 0 Å². The van der Waals surface area contributed by atoms with E-state index in [-0.39, 0.29) is 11.9 Å². The normalized spacial score (nSPS) is 19.3. The molecular weight excluding hydrogens is 352 g/mol. The number of amides is 1. The Labute approximate surface area is 157 Å². The lowest BCUT2D eigenvalue weighted by atomic mass is 10.0. The third kappa shape index (κ3) is 3.64. The van der Waals surface area contributed by atoms with Gasteiger partial charge >= 0.3 is 0 Å². The van der Waals surface area contributed by atoms with Gasteiger partial charge in [-0.3, -0.25) is 4.79 Å². The number of nitrogens with one attached hydrogen (secondary N) is 1. The van der Waals surface area contributed by atoms with Gasteiger partial charge in [0.05, 0.1) is 12.5 Å². The van der Waals surface area contributed by atoms with Crippen molar-refractivity contribution in [3.05, 3.63) is 58.6 Å². The molecular formula is C20H21ClN2O3. The molecule has 0 bridgehead atoms. The first-order valence-corrected chi connectivity index (χ1v) is 9.23. The summed E-state index contributed by atoms with van der Waals surface area (Å²) in [6.07, 6.45) is 0.341. The van der Waals surface area contributed by atoms with E-state index in [1.807, 2.05) is 47.4 Å². The number of rotatable bonds is 3. The molecule has 1 fully saturated rings. The van der Waals surface area contributed by atoms with Crippen molar-refractivity contribution in [2.45, 2.75) is 12.5 Å². The van der Waals surface area contributed by atoms with E-state index in [4.69, 9.17) is 21.1 Å². The SMILES string of the molecule is O=C(Cc1ccc2c(c1)OCCO2)N1CCNCC1c1cccc(Cl)c1. The Kier molecular flexibility index (Phi) is 5.00. The number of carbonyl (C=O) groups is 1.